The van der Waals surface area contributed by atoms with Gasteiger partial charge in [0.2, 0.25) is 5.91 Å². The van der Waals surface area contributed by atoms with Crippen molar-refractivity contribution in [1.82, 2.24) is 10.3 Å². The molecule has 1 heterocycles. The third-order valence-corrected chi connectivity index (χ3v) is 3.38. The van der Waals surface area contributed by atoms with Gasteiger partial charge in [0.15, 0.2) is 0 Å². The molecular weight excluding hydrogens is 284 g/mol. The first-order valence-corrected chi connectivity index (χ1v) is 6.96. The van der Waals surface area contributed by atoms with Gasteiger partial charge in [-0.15, -0.1) is 0 Å². The van der Waals surface area contributed by atoms with Crippen LogP contribution in [-0.4, -0.2) is 17.9 Å². The molecule has 21 heavy (non-hydrogen) atoms. The Morgan fingerprint density at radius 3 is 2.71 bits per heavy atom. The van der Waals surface area contributed by atoms with Crippen LogP contribution in [0.3, 0.4) is 0 Å². The molecule has 2 rings (SSSR count). The molecule has 0 saturated heterocycles. The second kappa shape index (κ2) is 7.47. The van der Waals surface area contributed by atoms with Gasteiger partial charge in [-0.25, -0.2) is 4.98 Å². The first-order chi connectivity index (χ1) is 10.2. The van der Waals surface area contributed by atoms with Crippen LogP contribution >= 0.6 is 11.6 Å². The van der Waals surface area contributed by atoms with Gasteiger partial charge in [0, 0.05) is 24.7 Å². The van der Waals surface area contributed by atoms with E-state index in [9.17, 15) is 4.79 Å². The molecule has 0 radical (unpaired) electrons. The average Bonchev–Trinajstić information content (AvgIpc) is 2.53. The van der Waals surface area contributed by atoms with E-state index in [2.05, 4.69) is 22.1 Å². The number of halogens is 1. The molecule has 0 fully saturated rings. The number of amides is 1. The van der Waals surface area contributed by atoms with E-state index in [-0.39, 0.29) is 11.8 Å². The Balaban J connectivity index is 2.21. The minimum absolute atomic E-state index is 0.0987. The molecule has 0 aliphatic heterocycles. The molecule has 0 saturated carbocycles. The maximum atomic E-state index is 12.1. The summed E-state index contributed by atoms with van der Waals surface area (Å²) in [5.74, 6) is 5.48. The number of aromatic nitrogens is 1. The molecule has 2 aromatic rings. The molecule has 1 aromatic carbocycles. The zero-order valence-corrected chi connectivity index (χ0v) is 12.4. The molecule has 0 spiro atoms. The van der Waals surface area contributed by atoms with Gasteiger partial charge >= 0.3 is 0 Å². The molecule has 1 amide bonds. The fourth-order valence-corrected chi connectivity index (χ4v) is 2.22. The lowest BCUT2D eigenvalue weighted by atomic mass is 9.95. The minimum Gasteiger partial charge on any atom is -0.359 e. The van der Waals surface area contributed by atoms with Crippen molar-refractivity contribution in [3.8, 4) is 11.8 Å². The predicted octanol–water partition coefficient (Wildman–Crippen LogP) is 3.01. The Morgan fingerprint density at radius 1 is 1.29 bits per heavy atom. The summed E-state index contributed by atoms with van der Waals surface area (Å²) in [6.07, 6.45) is 2.08. The average molecular weight is 299 g/mol. The topological polar surface area (TPSA) is 42.0 Å². The fourth-order valence-electron chi connectivity index (χ4n) is 1.96. The molecule has 1 aromatic heterocycles. The van der Waals surface area contributed by atoms with Gasteiger partial charge in [-0.1, -0.05) is 41.8 Å². The summed E-state index contributed by atoms with van der Waals surface area (Å²) >= 11 is 6.18. The second-order valence-electron chi connectivity index (χ2n) is 4.41. The highest BCUT2D eigenvalue weighted by Crippen LogP contribution is 2.26. The summed E-state index contributed by atoms with van der Waals surface area (Å²) in [4.78, 5) is 16.2. The van der Waals surface area contributed by atoms with E-state index in [1.807, 2.05) is 36.4 Å². The van der Waals surface area contributed by atoms with E-state index in [4.69, 9.17) is 11.6 Å². The van der Waals surface area contributed by atoms with Crippen LogP contribution in [0.1, 0.15) is 23.6 Å². The number of hydrogen-bond donors (Lipinski definition) is 1. The quantitative estimate of drug-likeness (QED) is 0.885. The molecule has 1 unspecified atom stereocenters. The number of benzene rings is 1. The van der Waals surface area contributed by atoms with Crippen LogP contribution in [0.25, 0.3) is 0 Å². The highest BCUT2D eigenvalue weighted by atomic mass is 35.5. The predicted molar refractivity (Wildman–Crippen MR) is 84.0 cm³/mol. The van der Waals surface area contributed by atoms with Gasteiger partial charge in [0.25, 0.3) is 0 Å². The number of rotatable bonds is 3. The van der Waals surface area contributed by atoms with Crippen molar-refractivity contribution in [1.29, 1.82) is 0 Å². The van der Waals surface area contributed by atoms with E-state index in [1.165, 1.54) is 0 Å². The summed E-state index contributed by atoms with van der Waals surface area (Å²) in [5, 5.41) is 3.23. The van der Waals surface area contributed by atoms with Gasteiger partial charge in [-0.05, 0) is 29.7 Å². The van der Waals surface area contributed by atoms with Crippen molar-refractivity contribution in [3.63, 3.8) is 0 Å². The first-order valence-electron chi connectivity index (χ1n) is 6.58. The summed E-state index contributed by atoms with van der Waals surface area (Å²) in [6.45, 7) is 0. The van der Waals surface area contributed by atoms with E-state index in [0.29, 0.717) is 17.1 Å². The Hall–Kier alpha value is -2.31. The Kier molecular flexibility index (Phi) is 5.36. The van der Waals surface area contributed by atoms with Gasteiger partial charge < -0.3 is 5.32 Å². The summed E-state index contributed by atoms with van der Waals surface area (Å²) in [7, 11) is 1.61. The molecule has 1 N–H and O–H groups in total. The lowest BCUT2D eigenvalue weighted by Gasteiger charge is -2.14. The molecule has 0 bridgehead atoms. The fraction of sp³-hybridized carbons (Fsp3) is 0.176. The van der Waals surface area contributed by atoms with E-state index >= 15 is 0 Å². The number of likely N-dealkylation sites (N-methyl/N-ethyl adjacent to an activating group) is 1. The molecule has 4 heteroatoms. The summed E-state index contributed by atoms with van der Waals surface area (Å²) < 4.78 is 0. The van der Waals surface area contributed by atoms with Gasteiger partial charge in [-0.2, -0.15) is 0 Å². The lowest BCUT2D eigenvalue weighted by molar-refractivity contribution is -0.121. The Bertz CT molecular complexity index is 674. The van der Waals surface area contributed by atoms with Crippen molar-refractivity contribution in [2.45, 2.75) is 12.3 Å². The minimum atomic E-state index is -0.389. The third kappa shape index (κ3) is 4.08. The number of pyridine rings is 1. The molecule has 3 nitrogen and oxygen atoms in total. The zero-order valence-electron chi connectivity index (χ0n) is 11.6. The second-order valence-corrected chi connectivity index (χ2v) is 4.82. The zero-order chi connectivity index (χ0) is 15.1. The first kappa shape index (κ1) is 15.1. The van der Waals surface area contributed by atoms with Crippen molar-refractivity contribution in [3.05, 3.63) is 64.9 Å². The van der Waals surface area contributed by atoms with Crippen LogP contribution in [0.15, 0.2) is 48.7 Å². The SMILES string of the molecule is CNC(=O)C(CC#Cc1ccccn1)c1ccccc1Cl. The van der Waals surface area contributed by atoms with Crippen molar-refractivity contribution >= 4 is 17.5 Å². The number of nitrogens with zero attached hydrogens (tertiary/aromatic N) is 1. The van der Waals surface area contributed by atoms with Crippen LogP contribution in [0, 0.1) is 11.8 Å². The summed E-state index contributed by atoms with van der Waals surface area (Å²) in [6, 6.07) is 12.9. The maximum absolute atomic E-state index is 12.1. The van der Waals surface area contributed by atoms with E-state index in [1.54, 1.807) is 19.3 Å². The lowest BCUT2D eigenvalue weighted by Crippen LogP contribution is -2.25. The van der Waals surface area contributed by atoms with Crippen molar-refractivity contribution in [2.24, 2.45) is 0 Å². The number of carbonyl (C=O) groups is 1. The largest absolute Gasteiger partial charge is 0.359 e. The van der Waals surface area contributed by atoms with Crippen LogP contribution in [-0.2, 0) is 4.79 Å². The van der Waals surface area contributed by atoms with Gasteiger partial charge in [0.05, 0.1) is 5.92 Å². The van der Waals surface area contributed by atoms with Gasteiger partial charge in [-0.3, -0.25) is 4.79 Å². The molecule has 0 aliphatic carbocycles. The highest BCUT2D eigenvalue weighted by molar-refractivity contribution is 6.31. The maximum Gasteiger partial charge on any atom is 0.228 e. The smallest absolute Gasteiger partial charge is 0.228 e. The van der Waals surface area contributed by atoms with Crippen LogP contribution in [0.5, 0.6) is 0 Å². The van der Waals surface area contributed by atoms with Crippen LogP contribution in [0.2, 0.25) is 5.02 Å². The van der Waals surface area contributed by atoms with Gasteiger partial charge in [0.1, 0.15) is 5.69 Å². The van der Waals surface area contributed by atoms with E-state index < -0.39 is 0 Å². The number of nitrogens with one attached hydrogen (secondary N) is 1. The normalized spacial score (nSPS) is 11.1. The van der Waals surface area contributed by atoms with Crippen molar-refractivity contribution in [2.75, 3.05) is 7.05 Å². The Labute approximate surface area is 129 Å². The monoisotopic (exact) mass is 298 g/mol. The van der Waals surface area contributed by atoms with Crippen molar-refractivity contribution < 1.29 is 4.79 Å². The highest BCUT2D eigenvalue weighted by Gasteiger charge is 2.20. The number of hydrogen-bond acceptors (Lipinski definition) is 2. The van der Waals surface area contributed by atoms with Crippen LogP contribution in [0.4, 0.5) is 0 Å². The molecule has 0 aliphatic rings. The standard InChI is InChI=1S/C17H15ClN2O/c1-19-17(21)15(14-9-2-3-11-16(14)18)10-6-8-13-7-4-5-12-20-13/h2-5,7,9,11-12,15H,10H2,1H3,(H,19,21). The molecular formula is C17H15ClN2O. The number of carbonyl (C=O) groups excluding carboxylic acids is 1. The molecule has 106 valence electrons. The van der Waals surface area contributed by atoms with Crippen LogP contribution < -0.4 is 5.32 Å². The Morgan fingerprint density at radius 2 is 2.05 bits per heavy atom. The third-order valence-electron chi connectivity index (χ3n) is 3.03. The van der Waals surface area contributed by atoms with E-state index in [0.717, 1.165) is 5.56 Å². The summed E-state index contributed by atoms with van der Waals surface area (Å²) in [5.41, 5.74) is 1.47. The molecule has 1 atom stereocenters.